The quantitative estimate of drug-likeness (QED) is 0.155. The van der Waals surface area contributed by atoms with Gasteiger partial charge < -0.3 is 18.9 Å². The molecule has 2 atom stereocenters. The molecule has 1 fully saturated rings. The summed E-state index contributed by atoms with van der Waals surface area (Å²) in [6.07, 6.45) is 6.26. The molecule has 0 aliphatic heterocycles. The van der Waals surface area contributed by atoms with Gasteiger partial charge in [0.05, 0.1) is 13.2 Å². The maximum absolute atomic E-state index is 6.32. The first-order valence-electron chi connectivity index (χ1n) is 16.9. The molecule has 5 aromatic rings. The molecular weight excluding hydrogens is 612 g/mol. The van der Waals surface area contributed by atoms with E-state index in [1.165, 1.54) is 30.2 Å². The summed E-state index contributed by atoms with van der Waals surface area (Å²) in [5.41, 5.74) is 4.46. The van der Waals surface area contributed by atoms with Crippen LogP contribution in [0, 0.1) is 18.3 Å². The molecule has 1 saturated carbocycles. The van der Waals surface area contributed by atoms with Gasteiger partial charge in [-0.1, -0.05) is 71.9 Å². The molecule has 6 rings (SSSR count). The Morgan fingerprint density at radius 2 is 1.22 bits per heavy atom. The summed E-state index contributed by atoms with van der Waals surface area (Å²) in [5.74, 6) is 4.27. The van der Waals surface area contributed by atoms with E-state index in [9.17, 15) is 0 Å². The predicted octanol–water partition coefficient (Wildman–Crippen LogP) is 10.4. The Labute approximate surface area is 289 Å². The van der Waals surface area contributed by atoms with Crippen LogP contribution < -0.4 is 18.9 Å². The molecule has 49 heavy (non-hydrogen) atoms. The van der Waals surface area contributed by atoms with E-state index in [2.05, 4.69) is 97.9 Å². The summed E-state index contributed by atoms with van der Waals surface area (Å²) < 4.78 is 24.2. The lowest BCUT2D eigenvalue weighted by molar-refractivity contribution is 0.127. The first kappa shape index (κ1) is 33.9. The zero-order valence-corrected chi connectivity index (χ0v) is 29.8. The van der Waals surface area contributed by atoms with E-state index < -0.39 is 0 Å². The number of aryl methyl sites for hydroxylation is 1. The zero-order valence-electron chi connectivity index (χ0n) is 29.8. The summed E-state index contributed by atoms with van der Waals surface area (Å²) in [5, 5.41) is 0. The van der Waals surface area contributed by atoms with E-state index in [1.54, 1.807) is 19.2 Å². The molecule has 0 saturated heterocycles. The van der Waals surface area contributed by atoms with Crippen molar-refractivity contribution >= 4 is 0 Å². The number of hydrogen-bond donors (Lipinski definition) is 0. The van der Waals surface area contributed by atoms with Gasteiger partial charge in [0.2, 0.25) is 17.6 Å². The average molecular weight is 659 g/mol. The number of aromatic nitrogens is 4. The Balaban J connectivity index is 1.26. The molecule has 0 radical (unpaired) electrons. The maximum Gasteiger partial charge on any atom is 0.226 e. The summed E-state index contributed by atoms with van der Waals surface area (Å²) in [4.78, 5) is 17.2. The molecular formula is C41H46N4O4. The number of benzene rings is 3. The molecule has 0 amide bonds. The molecule has 8 nitrogen and oxygen atoms in total. The highest BCUT2D eigenvalue weighted by atomic mass is 16.5. The Kier molecular flexibility index (Phi) is 9.34. The van der Waals surface area contributed by atoms with E-state index in [-0.39, 0.29) is 16.2 Å². The molecule has 2 aromatic heterocycles. The number of methoxy groups -OCH3 is 1. The van der Waals surface area contributed by atoms with Gasteiger partial charge in [0.25, 0.3) is 0 Å². The van der Waals surface area contributed by atoms with Crippen molar-refractivity contribution in [3.8, 4) is 40.6 Å². The van der Waals surface area contributed by atoms with E-state index in [4.69, 9.17) is 18.9 Å². The standard InChI is InChI=1S/C41H46N4O4/c1-27-22-40(6,7)24-41(23-27,29-9-14-32(46-8)15-10-29)30-11-16-33(17-12-30)47-37-21-38(45-26-44-37)49-35-20-31(39(3,4)5)13-18-34(35)48-36-19-28(2)42-25-43-36/h9-21,25-27H,22-24H2,1-8H3. The van der Waals surface area contributed by atoms with Crippen molar-refractivity contribution in [2.75, 3.05) is 7.11 Å². The van der Waals surface area contributed by atoms with Crippen LogP contribution in [0.25, 0.3) is 0 Å². The minimum atomic E-state index is -0.117. The second-order valence-electron chi connectivity index (χ2n) is 15.1. The molecule has 2 heterocycles. The van der Waals surface area contributed by atoms with Crippen LogP contribution in [0.15, 0.2) is 91.5 Å². The monoisotopic (exact) mass is 658 g/mol. The van der Waals surface area contributed by atoms with Gasteiger partial charge >= 0.3 is 0 Å². The van der Waals surface area contributed by atoms with Crippen LogP contribution in [0.3, 0.4) is 0 Å². The lowest BCUT2D eigenvalue weighted by atomic mass is 9.55. The van der Waals surface area contributed by atoms with Crippen molar-refractivity contribution in [3.05, 3.63) is 114 Å². The van der Waals surface area contributed by atoms with Crippen molar-refractivity contribution < 1.29 is 18.9 Å². The molecule has 1 aliphatic rings. The number of ether oxygens (including phenoxy) is 4. The summed E-state index contributed by atoms with van der Waals surface area (Å²) in [6.45, 7) is 15.5. The van der Waals surface area contributed by atoms with Gasteiger partial charge in [-0.25, -0.2) is 19.9 Å². The smallest absolute Gasteiger partial charge is 0.226 e. The van der Waals surface area contributed by atoms with Crippen molar-refractivity contribution in [1.29, 1.82) is 0 Å². The predicted molar refractivity (Wildman–Crippen MR) is 191 cm³/mol. The van der Waals surface area contributed by atoms with Gasteiger partial charge in [-0.15, -0.1) is 0 Å². The number of rotatable bonds is 9. The van der Waals surface area contributed by atoms with Crippen LogP contribution in [0.5, 0.6) is 40.6 Å². The third-order valence-corrected chi connectivity index (χ3v) is 9.28. The molecule has 1 aliphatic carbocycles. The highest BCUT2D eigenvalue weighted by molar-refractivity contribution is 5.49. The highest BCUT2D eigenvalue weighted by Crippen LogP contribution is 2.54. The van der Waals surface area contributed by atoms with Gasteiger partial charge in [-0.2, -0.15) is 0 Å². The van der Waals surface area contributed by atoms with Crippen LogP contribution in [0.2, 0.25) is 0 Å². The summed E-state index contributed by atoms with van der Waals surface area (Å²) in [7, 11) is 1.71. The van der Waals surface area contributed by atoms with E-state index in [0.29, 0.717) is 40.8 Å². The zero-order chi connectivity index (χ0) is 34.8. The lowest BCUT2D eigenvalue weighted by Crippen LogP contribution is -2.41. The second-order valence-corrected chi connectivity index (χ2v) is 15.1. The minimum Gasteiger partial charge on any atom is -0.497 e. The van der Waals surface area contributed by atoms with Crippen LogP contribution in [0.1, 0.15) is 83.2 Å². The fourth-order valence-electron chi connectivity index (χ4n) is 7.34. The van der Waals surface area contributed by atoms with Gasteiger partial charge in [-0.05, 0) is 96.0 Å². The lowest BCUT2D eigenvalue weighted by Gasteiger charge is -2.48. The van der Waals surface area contributed by atoms with Crippen LogP contribution in [-0.2, 0) is 10.8 Å². The van der Waals surface area contributed by atoms with Crippen molar-refractivity contribution in [3.63, 3.8) is 0 Å². The third-order valence-electron chi connectivity index (χ3n) is 9.28. The Morgan fingerprint density at radius 1 is 0.653 bits per heavy atom. The first-order valence-corrected chi connectivity index (χ1v) is 16.9. The normalized spacial score (nSPS) is 18.8. The fourth-order valence-corrected chi connectivity index (χ4v) is 7.34. The van der Waals surface area contributed by atoms with E-state index in [0.717, 1.165) is 29.8 Å². The highest BCUT2D eigenvalue weighted by Gasteiger charge is 2.45. The molecule has 0 bridgehead atoms. The first-order chi connectivity index (χ1) is 23.3. The maximum atomic E-state index is 6.32. The number of hydrogen-bond acceptors (Lipinski definition) is 8. The molecule has 0 N–H and O–H groups in total. The van der Waals surface area contributed by atoms with Crippen LogP contribution in [0.4, 0.5) is 0 Å². The molecule has 3 aromatic carbocycles. The Hall–Kier alpha value is -4.98. The summed E-state index contributed by atoms with van der Waals surface area (Å²) in [6, 6.07) is 26.4. The SMILES string of the molecule is COc1ccc(C2(c3ccc(Oc4cc(Oc5cc(C(C)(C)C)ccc5Oc5cc(C)ncn5)ncn4)cc3)CC(C)CC(C)(C)C2)cc1. The van der Waals surface area contributed by atoms with Crippen molar-refractivity contribution in [2.24, 2.45) is 11.3 Å². The van der Waals surface area contributed by atoms with Crippen molar-refractivity contribution in [2.45, 2.75) is 78.6 Å². The summed E-state index contributed by atoms with van der Waals surface area (Å²) >= 11 is 0. The molecule has 254 valence electrons. The van der Waals surface area contributed by atoms with E-state index >= 15 is 0 Å². The van der Waals surface area contributed by atoms with E-state index in [1.807, 2.05) is 37.3 Å². The van der Waals surface area contributed by atoms with Crippen LogP contribution >= 0.6 is 0 Å². The largest absolute Gasteiger partial charge is 0.497 e. The average Bonchev–Trinajstić information content (AvgIpc) is 3.05. The Bertz CT molecular complexity index is 1900. The molecule has 0 spiro atoms. The minimum absolute atomic E-state index is 0.106. The number of nitrogens with zero attached hydrogens (tertiary/aromatic N) is 4. The van der Waals surface area contributed by atoms with Gasteiger partial charge in [-0.3, -0.25) is 0 Å². The van der Waals surface area contributed by atoms with Gasteiger partial charge in [0, 0.05) is 17.2 Å². The molecule has 8 heteroatoms. The molecule has 2 unspecified atom stereocenters. The van der Waals surface area contributed by atoms with Crippen LogP contribution in [-0.4, -0.2) is 27.0 Å². The van der Waals surface area contributed by atoms with Gasteiger partial charge in [0.15, 0.2) is 11.5 Å². The van der Waals surface area contributed by atoms with Gasteiger partial charge in [0.1, 0.15) is 24.2 Å². The second kappa shape index (κ2) is 13.5. The topological polar surface area (TPSA) is 88.5 Å². The van der Waals surface area contributed by atoms with Crippen molar-refractivity contribution in [1.82, 2.24) is 19.9 Å². The Morgan fingerprint density at radius 3 is 1.82 bits per heavy atom. The fraction of sp³-hybridized carbons (Fsp3) is 0.366. The third kappa shape index (κ3) is 7.85.